The van der Waals surface area contributed by atoms with Gasteiger partial charge in [0.15, 0.2) is 0 Å². The number of rotatable bonds is 2. The first kappa shape index (κ1) is 12.4. The molecule has 2 aromatic carbocycles. The Hall–Kier alpha value is -2.05. The van der Waals surface area contributed by atoms with Crippen molar-refractivity contribution in [3.63, 3.8) is 0 Å². The molecular weight excluding hydrogens is 253 g/mol. The first-order chi connectivity index (χ1) is 8.60. The van der Waals surface area contributed by atoms with Gasteiger partial charge in [0.05, 0.1) is 5.56 Å². The van der Waals surface area contributed by atoms with Gasteiger partial charge in [-0.25, -0.2) is 4.39 Å². The van der Waals surface area contributed by atoms with Gasteiger partial charge in [0, 0.05) is 5.02 Å². The fraction of sp³-hybridized carbons (Fsp3) is 0.0714. The fourth-order valence-electron chi connectivity index (χ4n) is 1.48. The van der Waals surface area contributed by atoms with Gasteiger partial charge in [-0.3, -0.25) is 0 Å². The summed E-state index contributed by atoms with van der Waals surface area (Å²) in [6.07, 6.45) is 0. The first-order valence-electron chi connectivity index (χ1n) is 5.24. The highest BCUT2D eigenvalue weighted by Crippen LogP contribution is 2.30. The zero-order valence-corrected chi connectivity index (χ0v) is 10.3. The highest BCUT2D eigenvalue weighted by Gasteiger charge is 2.08. The maximum atomic E-state index is 13.0. The molecule has 0 radical (unpaired) electrons. The molecule has 0 unspecified atom stereocenters. The van der Waals surface area contributed by atoms with Gasteiger partial charge in [0.1, 0.15) is 23.4 Å². The van der Waals surface area contributed by atoms with Crippen LogP contribution in [-0.2, 0) is 0 Å². The Morgan fingerprint density at radius 2 is 1.94 bits per heavy atom. The summed E-state index contributed by atoms with van der Waals surface area (Å²) in [7, 11) is 0. The van der Waals surface area contributed by atoms with Crippen LogP contribution in [0.4, 0.5) is 4.39 Å². The summed E-state index contributed by atoms with van der Waals surface area (Å²) in [6, 6.07) is 10.9. The first-order valence-corrected chi connectivity index (χ1v) is 5.61. The lowest BCUT2D eigenvalue weighted by molar-refractivity contribution is 0.475. The van der Waals surface area contributed by atoms with Gasteiger partial charge >= 0.3 is 0 Å². The van der Waals surface area contributed by atoms with E-state index >= 15 is 0 Å². The van der Waals surface area contributed by atoms with E-state index in [-0.39, 0.29) is 5.56 Å². The molecule has 0 spiro atoms. The van der Waals surface area contributed by atoms with Gasteiger partial charge in [0.25, 0.3) is 0 Å². The van der Waals surface area contributed by atoms with Crippen LogP contribution in [-0.4, -0.2) is 0 Å². The minimum atomic E-state index is -0.471. The maximum absolute atomic E-state index is 13.0. The zero-order valence-electron chi connectivity index (χ0n) is 9.58. The van der Waals surface area contributed by atoms with Crippen molar-refractivity contribution >= 4 is 11.6 Å². The van der Waals surface area contributed by atoms with Gasteiger partial charge in [-0.1, -0.05) is 17.7 Å². The highest BCUT2D eigenvalue weighted by molar-refractivity contribution is 6.30. The third kappa shape index (κ3) is 2.61. The summed E-state index contributed by atoms with van der Waals surface area (Å²) >= 11 is 5.88. The summed E-state index contributed by atoms with van der Waals surface area (Å²) in [5.74, 6) is 0.386. The van der Waals surface area contributed by atoms with Crippen molar-refractivity contribution in [3.8, 4) is 17.6 Å². The molecule has 0 aromatic heterocycles. The van der Waals surface area contributed by atoms with Crippen LogP contribution >= 0.6 is 11.6 Å². The number of nitriles is 1. The Bertz CT molecular complexity index is 634. The number of nitrogens with zero attached hydrogens (tertiary/aromatic N) is 1. The monoisotopic (exact) mass is 261 g/mol. The van der Waals surface area contributed by atoms with Crippen LogP contribution in [0.1, 0.15) is 11.1 Å². The SMILES string of the molecule is Cc1ccc(Cl)cc1Oc1ccc(F)cc1C#N. The van der Waals surface area contributed by atoms with E-state index in [1.165, 1.54) is 12.1 Å². The molecule has 2 aromatic rings. The van der Waals surface area contributed by atoms with E-state index in [2.05, 4.69) is 0 Å². The van der Waals surface area contributed by atoms with Crippen LogP contribution in [0, 0.1) is 24.1 Å². The third-order valence-corrected chi connectivity index (χ3v) is 2.67. The Balaban J connectivity index is 2.40. The molecule has 0 heterocycles. The normalized spacial score (nSPS) is 9.89. The highest BCUT2D eigenvalue weighted by atomic mass is 35.5. The fourth-order valence-corrected chi connectivity index (χ4v) is 1.64. The Morgan fingerprint density at radius 1 is 1.17 bits per heavy atom. The number of halogens is 2. The van der Waals surface area contributed by atoms with Crippen molar-refractivity contribution in [3.05, 3.63) is 58.4 Å². The molecule has 2 nitrogen and oxygen atoms in total. The van der Waals surface area contributed by atoms with Crippen molar-refractivity contribution in [2.45, 2.75) is 6.92 Å². The number of ether oxygens (including phenoxy) is 1. The number of hydrogen-bond acceptors (Lipinski definition) is 2. The van der Waals surface area contributed by atoms with E-state index in [4.69, 9.17) is 21.6 Å². The van der Waals surface area contributed by atoms with Crippen LogP contribution in [0.15, 0.2) is 36.4 Å². The Labute approximate surface area is 109 Å². The zero-order chi connectivity index (χ0) is 13.1. The van der Waals surface area contributed by atoms with Crippen molar-refractivity contribution < 1.29 is 9.13 Å². The molecule has 0 atom stereocenters. The van der Waals surface area contributed by atoms with Crippen molar-refractivity contribution in [1.82, 2.24) is 0 Å². The third-order valence-electron chi connectivity index (χ3n) is 2.43. The van der Waals surface area contributed by atoms with Crippen LogP contribution in [0.5, 0.6) is 11.5 Å². The van der Waals surface area contributed by atoms with Crippen molar-refractivity contribution in [2.24, 2.45) is 0 Å². The molecule has 0 fully saturated rings. The molecule has 0 aliphatic rings. The minimum Gasteiger partial charge on any atom is -0.456 e. The lowest BCUT2D eigenvalue weighted by Crippen LogP contribution is -1.91. The minimum absolute atomic E-state index is 0.148. The summed E-state index contributed by atoms with van der Waals surface area (Å²) < 4.78 is 18.6. The van der Waals surface area contributed by atoms with Crippen LogP contribution in [0.3, 0.4) is 0 Å². The largest absolute Gasteiger partial charge is 0.456 e. The lowest BCUT2D eigenvalue weighted by Gasteiger charge is -2.10. The molecule has 0 aliphatic heterocycles. The van der Waals surface area contributed by atoms with Crippen molar-refractivity contribution in [2.75, 3.05) is 0 Å². The molecule has 0 aliphatic carbocycles. The lowest BCUT2D eigenvalue weighted by atomic mass is 10.2. The number of aryl methyl sites for hydroxylation is 1. The van der Waals surface area contributed by atoms with Gasteiger partial charge in [-0.15, -0.1) is 0 Å². The van der Waals surface area contributed by atoms with Crippen LogP contribution < -0.4 is 4.74 Å². The smallest absolute Gasteiger partial charge is 0.145 e. The van der Waals surface area contributed by atoms with E-state index in [1.807, 2.05) is 19.1 Å². The average molecular weight is 262 g/mol. The second-order valence-electron chi connectivity index (χ2n) is 3.76. The van der Waals surface area contributed by atoms with Gasteiger partial charge in [0.2, 0.25) is 0 Å². The van der Waals surface area contributed by atoms with E-state index in [9.17, 15) is 4.39 Å². The van der Waals surface area contributed by atoms with Crippen molar-refractivity contribution in [1.29, 1.82) is 5.26 Å². The maximum Gasteiger partial charge on any atom is 0.145 e. The molecule has 0 saturated carbocycles. The molecule has 4 heteroatoms. The van der Waals surface area contributed by atoms with Crippen LogP contribution in [0.2, 0.25) is 5.02 Å². The quantitative estimate of drug-likeness (QED) is 0.800. The van der Waals surface area contributed by atoms with E-state index in [0.29, 0.717) is 16.5 Å². The summed E-state index contributed by atoms with van der Waals surface area (Å²) in [4.78, 5) is 0. The number of hydrogen-bond donors (Lipinski definition) is 0. The number of benzene rings is 2. The van der Waals surface area contributed by atoms with Gasteiger partial charge in [-0.05, 0) is 42.8 Å². The summed E-state index contributed by atoms with van der Waals surface area (Å²) in [6.45, 7) is 1.86. The predicted octanol–water partition coefficient (Wildman–Crippen LogP) is 4.45. The standard InChI is InChI=1S/C14H9ClFNO/c1-9-2-3-11(15)7-14(9)18-13-5-4-12(16)6-10(13)8-17/h2-7H,1H3. The predicted molar refractivity (Wildman–Crippen MR) is 67.4 cm³/mol. The molecule has 0 saturated heterocycles. The van der Waals surface area contributed by atoms with E-state index in [1.54, 1.807) is 12.1 Å². The summed E-state index contributed by atoms with van der Waals surface area (Å²) in [5, 5.41) is 9.46. The molecule has 90 valence electrons. The topological polar surface area (TPSA) is 33.0 Å². The second kappa shape index (κ2) is 5.07. The Kier molecular flexibility index (Phi) is 3.50. The van der Waals surface area contributed by atoms with E-state index in [0.717, 1.165) is 11.6 Å². The van der Waals surface area contributed by atoms with Gasteiger partial charge < -0.3 is 4.74 Å². The van der Waals surface area contributed by atoms with E-state index < -0.39 is 5.82 Å². The van der Waals surface area contributed by atoms with Crippen LogP contribution in [0.25, 0.3) is 0 Å². The molecule has 2 rings (SSSR count). The molecule has 0 amide bonds. The second-order valence-corrected chi connectivity index (χ2v) is 4.20. The molecule has 0 N–H and O–H groups in total. The average Bonchev–Trinajstić information content (AvgIpc) is 2.36. The summed E-state index contributed by atoms with van der Waals surface area (Å²) in [5.41, 5.74) is 1.03. The Morgan fingerprint density at radius 3 is 2.67 bits per heavy atom. The molecular formula is C14H9ClFNO. The molecule has 18 heavy (non-hydrogen) atoms. The van der Waals surface area contributed by atoms with Gasteiger partial charge in [-0.2, -0.15) is 5.26 Å². The molecule has 0 bridgehead atoms.